The van der Waals surface area contributed by atoms with Crippen LogP contribution in [-0.4, -0.2) is 29.0 Å². The maximum absolute atomic E-state index is 13.0. The molecule has 5 nitrogen and oxygen atoms in total. The number of carbonyl (C=O) groups excluding carboxylic acids is 2. The highest BCUT2D eigenvalue weighted by molar-refractivity contribution is 7.13. The Bertz CT molecular complexity index is 712. The van der Waals surface area contributed by atoms with Crippen LogP contribution in [0.1, 0.15) is 44.6 Å². The summed E-state index contributed by atoms with van der Waals surface area (Å²) < 4.78 is 5.43. The second kappa shape index (κ2) is 8.94. The average molecular weight is 372 g/mol. The van der Waals surface area contributed by atoms with Crippen molar-refractivity contribution >= 4 is 28.3 Å². The van der Waals surface area contributed by atoms with Crippen LogP contribution < -0.4 is 4.90 Å². The van der Waals surface area contributed by atoms with Gasteiger partial charge < -0.3 is 4.74 Å². The maximum Gasteiger partial charge on any atom is 0.311 e. The van der Waals surface area contributed by atoms with Crippen molar-refractivity contribution in [3.8, 4) is 0 Å². The zero-order chi connectivity index (χ0) is 18.4. The van der Waals surface area contributed by atoms with Crippen LogP contribution in [0.4, 0.5) is 5.13 Å². The first-order valence-corrected chi connectivity index (χ1v) is 9.99. The van der Waals surface area contributed by atoms with Crippen LogP contribution in [0.25, 0.3) is 0 Å². The van der Waals surface area contributed by atoms with Crippen molar-refractivity contribution in [3.63, 3.8) is 0 Å². The summed E-state index contributed by atoms with van der Waals surface area (Å²) in [5, 5.41) is 2.55. The van der Waals surface area contributed by atoms with Gasteiger partial charge in [-0.1, -0.05) is 49.6 Å². The van der Waals surface area contributed by atoms with E-state index in [0.29, 0.717) is 5.13 Å². The molecule has 26 heavy (non-hydrogen) atoms. The summed E-state index contributed by atoms with van der Waals surface area (Å²) in [4.78, 5) is 31.3. The molecule has 1 aromatic heterocycles. The summed E-state index contributed by atoms with van der Waals surface area (Å²) in [6.45, 7) is 1.65. The molecule has 1 saturated carbocycles. The molecule has 1 atom stereocenters. The van der Waals surface area contributed by atoms with E-state index in [1.165, 1.54) is 17.8 Å². The number of hydrogen-bond donors (Lipinski definition) is 0. The molecule has 0 spiro atoms. The first-order chi connectivity index (χ1) is 12.6. The van der Waals surface area contributed by atoms with Gasteiger partial charge >= 0.3 is 5.97 Å². The molecule has 1 aliphatic carbocycles. The fourth-order valence-electron chi connectivity index (χ4n) is 3.35. The summed E-state index contributed by atoms with van der Waals surface area (Å²) in [6, 6.07) is 9.54. The molecule has 1 heterocycles. The van der Waals surface area contributed by atoms with Gasteiger partial charge in [0, 0.05) is 17.6 Å². The predicted molar refractivity (Wildman–Crippen MR) is 102 cm³/mol. The number of aromatic nitrogens is 1. The SMILES string of the molecule is CC(OC(=O)Cc1ccccc1)C(=O)N(c1nccs1)C1CCCCC1. The quantitative estimate of drug-likeness (QED) is 0.720. The minimum Gasteiger partial charge on any atom is -0.452 e. The molecule has 0 saturated heterocycles. The van der Waals surface area contributed by atoms with E-state index in [4.69, 9.17) is 4.74 Å². The van der Waals surface area contributed by atoms with Crippen LogP contribution in [0.15, 0.2) is 41.9 Å². The summed E-state index contributed by atoms with van der Waals surface area (Å²) in [5.74, 6) is -0.576. The highest BCUT2D eigenvalue weighted by Crippen LogP contribution is 2.29. The Labute approximate surface area is 158 Å². The predicted octanol–water partition coefficient (Wildman–Crippen LogP) is 3.98. The van der Waals surface area contributed by atoms with Crippen LogP contribution in [0, 0.1) is 0 Å². The number of carbonyl (C=O) groups is 2. The van der Waals surface area contributed by atoms with Gasteiger partial charge in [0.05, 0.1) is 6.42 Å². The summed E-state index contributed by atoms with van der Waals surface area (Å²) in [5.41, 5.74) is 0.876. The van der Waals surface area contributed by atoms with Crippen molar-refractivity contribution in [1.29, 1.82) is 0 Å². The number of anilines is 1. The van der Waals surface area contributed by atoms with E-state index in [9.17, 15) is 9.59 Å². The summed E-state index contributed by atoms with van der Waals surface area (Å²) in [7, 11) is 0. The van der Waals surface area contributed by atoms with Crippen LogP contribution in [0.5, 0.6) is 0 Å². The Morgan fingerprint density at radius 1 is 1.23 bits per heavy atom. The first kappa shape index (κ1) is 18.6. The van der Waals surface area contributed by atoms with E-state index in [1.807, 2.05) is 35.7 Å². The maximum atomic E-state index is 13.0. The van der Waals surface area contributed by atoms with E-state index >= 15 is 0 Å². The van der Waals surface area contributed by atoms with Gasteiger partial charge in [-0.15, -0.1) is 11.3 Å². The third-order valence-electron chi connectivity index (χ3n) is 4.65. The summed E-state index contributed by atoms with van der Waals surface area (Å²) in [6.07, 6.45) is 6.42. The molecular formula is C20H24N2O3S. The molecule has 0 bridgehead atoms. The number of esters is 1. The molecule has 1 amide bonds. The fourth-order valence-corrected chi connectivity index (χ4v) is 4.07. The van der Waals surface area contributed by atoms with E-state index < -0.39 is 6.10 Å². The van der Waals surface area contributed by atoms with Crippen LogP contribution in [0.2, 0.25) is 0 Å². The largest absolute Gasteiger partial charge is 0.452 e. The highest BCUT2D eigenvalue weighted by atomic mass is 32.1. The molecule has 0 radical (unpaired) electrons. The number of rotatable bonds is 6. The van der Waals surface area contributed by atoms with Gasteiger partial charge in [0.25, 0.3) is 5.91 Å². The Hall–Kier alpha value is -2.21. The Morgan fingerprint density at radius 2 is 1.96 bits per heavy atom. The smallest absolute Gasteiger partial charge is 0.311 e. The Morgan fingerprint density at radius 3 is 2.62 bits per heavy atom. The van der Waals surface area contributed by atoms with Crippen LogP contribution in [0.3, 0.4) is 0 Å². The van der Waals surface area contributed by atoms with Crippen molar-refractivity contribution in [3.05, 3.63) is 47.5 Å². The van der Waals surface area contributed by atoms with Crippen molar-refractivity contribution < 1.29 is 14.3 Å². The lowest BCUT2D eigenvalue weighted by molar-refractivity contribution is -0.153. The van der Waals surface area contributed by atoms with Crippen molar-refractivity contribution in [2.75, 3.05) is 4.90 Å². The summed E-state index contributed by atoms with van der Waals surface area (Å²) >= 11 is 1.45. The van der Waals surface area contributed by atoms with E-state index in [2.05, 4.69) is 4.98 Å². The van der Waals surface area contributed by atoms with Gasteiger partial charge in [0.15, 0.2) is 11.2 Å². The number of thiazole rings is 1. The minimum absolute atomic E-state index is 0.137. The molecule has 1 fully saturated rings. The fraction of sp³-hybridized carbons (Fsp3) is 0.450. The lowest BCUT2D eigenvalue weighted by Crippen LogP contribution is -2.47. The number of hydrogen-bond acceptors (Lipinski definition) is 5. The molecule has 2 aromatic rings. The van der Waals surface area contributed by atoms with Crippen molar-refractivity contribution in [2.45, 2.75) is 57.6 Å². The second-order valence-corrected chi connectivity index (χ2v) is 7.48. The normalized spacial score (nSPS) is 16.0. The molecule has 0 N–H and O–H groups in total. The van der Waals surface area contributed by atoms with Gasteiger partial charge in [-0.2, -0.15) is 0 Å². The number of ether oxygens (including phenoxy) is 1. The third-order valence-corrected chi connectivity index (χ3v) is 5.42. The monoisotopic (exact) mass is 372 g/mol. The van der Waals surface area contributed by atoms with E-state index in [-0.39, 0.29) is 24.3 Å². The van der Waals surface area contributed by atoms with E-state index in [1.54, 1.807) is 18.0 Å². The van der Waals surface area contributed by atoms with Gasteiger partial charge in [-0.05, 0) is 25.3 Å². The van der Waals surface area contributed by atoms with Crippen LogP contribution in [-0.2, 0) is 20.7 Å². The number of benzene rings is 1. The zero-order valence-electron chi connectivity index (χ0n) is 15.0. The molecule has 3 rings (SSSR count). The van der Waals surface area contributed by atoms with E-state index in [0.717, 1.165) is 31.2 Å². The lowest BCUT2D eigenvalue weighted by atomic mass is 9.94. The molecule has 0 aliphatic heterocycles. The zero-order valence-corrected chi connectivity index (χ0v) is 15.8. The van der Waals surface area contributed by atoms with Crippen LogP contribution >= 0.6 is 11.3 Å². The average Bonchev–Trinajstić information content (AvgIpc) is 3.17. The third kappa shape index (κ3) is 4.69. The van der Waals surface area contributed by atoms with Gasteiger partial charge in [0.2, 0.25) is 0 Å². The molecule has 1 unspecified atom stereocenters. The second-order valence-electron chi connectivity index (χ2n) is 6.61. The number of nitrogens with zero attached hydrogens (tertiary/aromatic N) is 2. The molecule has 6 heteroatoms. The standard InChI is InChI=1S/C20H24N2O3S/c1-15(25-18(23)14-16-8-4-2-5-9-16)19(24)22(20-21-12-13-26-20)17-10-6-3-7-11-17/h2,4-5,8-9,12-13,15,17H,3,6-7,10-11,14H2,1H3. The molecular weight excluding hydrogens is 348 g/mol. The lowest BCUT2D eigenvalue weighted by Gasteiger charge is -2.33. The topological polar surface area (TPSA) is 59.5 Å². The molecule has 1 aromatic carbocycles. The molecule has 138 valence electrons. The van der Waals surface area contributed by atoms with Gasteiger partial charge in [-0.25, -0.2) is 4.98 Å². The molecule has 1 aliphatic rings. The Balaban J connectivity index is 1.66. The minimum atomic E-state index is -0.822. The van der Waals surface area contributed by atoms with Gasteiger partial charge in [-0.3, -0.25) is 14.5 Å². The van der Waals surface area contributed by atoms with Crippen molar-refractivity contribution in [2.24, 2.45) is 0 Å². The first-order valence-electron chi connectivity index (χ1n) is 9.11. The highest BCUT2D eigenvalue weighted by Gasteiger charge is 2.33. The number of amides is 1. The van der Waals surface area contributed by atoms with Gasteiger partial charge in [0.1, 0.15) is 0 Å². The Kier molecular flexibility index (Phi) is 6.39. The van der Waals surface area contributed by atoms with Crippen molar-refractivity contribution in [1.82, 2.24) is 4.98 Å².